The van der Waals surface area contributed by atoms with Gasteiger partial charge in [0.15, 0.2) is 9.84 Å². The molecular formula is C9H13NO5S2. The van der Waals surface area contributed by atoms with E-state index in [9.17, 15) is 16.8 Å². The highest BCUT2D eigenvalue weighted by molar-refractivity contribution is 7.95. The number of sulfonamides is 1. The molecule has 0 radical (unpaired) electrons. The third kappa shape index (κ3) is 3.08. The average molecular weight is 279 g/mol. The van der Waals surface area contributed by atoms with Crippen LogP contribution in [0.25, 0.3) is 0 Å². The molecule has 0 aromatic carbocycles. The molecule has 1 atom stereocenters. The molecule has 96 valence electrons. The second-order valence-corrected chi connectivity index (χ2v) is 8.24. The monoisotopic (exact) mass is 279 g/mol. The molecule has 0 saturated carbocycles. The zero-order chi connectivity index (χ0) is 12.5. The normalized spacial score (nSPS) is 23.9. The van der Waals surface area contributed by atoms with Crippen molar-refractivity contribution in [3.05, 3.63) is 24.2 Å². The highest BCUT2D eigenvalue weighted by atomic mass is 32.2. The molecular weight excluding hydrogens is 266 g/mol. The fraction of sp³-hybridized carbons (Fsp3) is 0.556. The van der Waals surface area contributed by atoms with Crippen molar-refractivity contribution >= 4 is 19.9 Å². The maximum Gasteiger partial charge on any atom is 0.215 e. The van der Waals surface area contributed by atoms with Crippen molar-refractivity contribution in [3.63, 3.8) is 0 Å². The summed E-state index contributed by atoms with van der Waals surface area (Å²) in [5.41, 5.74) is 0. The van der Waals surface area contributed by atoms with Crippen LogP contribution in [0.5, 0.6) is 0 Å². The van der Waals surface area contributed by atoms with Crippen LogP contribution in [0.4, 0.5) is 0 Å². The van der Waals surface area contributed by atoms with Gasteiger partial charge in [-0.25, -0.2) is 21.6 Å². The molecule has 1 aliphatic heterocycles. The second-order valence-electron chi connectivity index (χ2n) is 3.97. The van der Waals surface area contributed by atoms with Crippen LogP contribution < -0.4 is 4.72 Å². The van der Waals surface area contributed by atoms with E-state index in [1.807, 2.05) is 0 Å². The molecule has 8 heteroatoms. The summed E-state index contributed by atoms with van der Waals surface area (Å²) >= 11 is 0. The van der Waals surface area contributed by atoms with Gasteiger partial charge in [0.25, 0.3) is 0 Å². The molecule has 0 aliphatic carbocycles. The van der Waals surface area contributed by atoms with E-state index in [2.05, 4.69) is 4.72 Å². The first-order chi connectivity index (χ1) is 7.89. The number of hydrogen-bond donors (Lipinski definition) is 1. The van der Waals surface area contributed by atoms with E-state index in [1.54, 1.807) is 12.1 Å². The molecule has 0 spiro atoms. The van der Waals surface area contributed by atoms with Crippen LogP contribution in [0.1, 0.15) is 12.2 Å². The molecule has 1 saturated heterocycles. The van der Waals surface area contributed by atoms with E-state index in [-0.39, 0.29) is 24.5 Å². The molecule has 1 aliphatic rings. The van der Waals surface area contributed by atoms with Crippen molar-refractivity contribution in [1.82, 2.24) is 4.72 Å². The highest BCUT2D eigenvalue weighted by Crippen LogP contribution is 2.18. The lowest BCUT2D eigenvalue weighted by molar-refractivity contribution is 0.497. The van der Waals surface area contributed by atoms with Crippen LogP contribution in [0.15, 0.2) is 22.8 Å². The van der Waals surface area contributed by atoms with Gasteiger partial charge < -0.3 is 4.42 Å². The molecule has 0 amide bonds. The highest BCUT2D eigenvalue weighted by Gasteiger charge is 2.36. The maximum absolute atomic E-state index is 11.8. The maximum atomic E-state index is 11.8. The predicted molar refractivity (Wildman–Crippen MR) is 61.5 cm³/mol. The van der Waals surface area contributed by atoms with E-state index in [0.717, 1.165) is 0 Å². The molecule has 1 aromatic rings. The molecule has 17 heavy (non-hydrogen) atoms. The van der Waals surface area contributed by atoms with Crippen LogP contribution in [0, 0.1) is 0 Å². The summed E-state index contributed by atoms with van der Waals surface area (Å²) < 4.78 is 53.4. The minimum Gasteiger partial charge on any atom is -0.468 e. The number of sulfone groups is 1. The van der Waals surface area contributed by atoms with Gasteiger partial charge in [0, 0.05) is 0 Å². The van der Waals surface area contributed by atoms with Crippen LogP contribution in [0.3, 0.4) is 0 Å². The third-order valence-electron chi connectivity index (χ3n) is 2.66. The lowest BCUT2D eigenvalue weighted by atomic mass is 10.4. The molecule has 6 nitrogen and oxygen atoms in total. The van der Waals surface area contributed by atoms with Gasteiger partial charge in [0.05, 0.1) is 29.6 Å². The van der Waals surface area contributed by atoms with Crippen LogP contribution >= 0.6 is 0 Å². The second kappa shape index (κ2) is 4.43. The van der Waals surface area contributed by atoms with Gasteiger partial charge in [-0.15, -0.1) is 0 Å². The number of rotatable bonds is 4. The van der Waals surface area contributed by atoms with Crippen molar-refractivity contribution in [2.45, 2.75) is 18.2 Å². The summed E-state index contributed by atoms with van der Waals surface area (Å²) in [4.78, 5) is 0. The Morgan fingerprint density at radius 3 is 2.76 bits per heavy atom. The van der Waals surface area contributed by atoms with Crippen molar-refractivity contribution in [1.29, 1.82) is 0 Å². The van der Waals surface area contributed by atoms with Crippen LogP contribution in [-0.4, -0.2) is 33.6 Å². The number of furan rings is 1. The predicted octanol–water partition coefficient (Wildman–Crippen LogP) is -0.114. The zero-order valence-electron chi connectivity index (χ0n) is 9.00. The first-order valence-electron chi connectivity index (χ1n) is 5.10. The van der Waals surface area contributed by atoms with Gasteiger partial charge in [0.1, 0.15) is 5.76 Å². The van der Waals surface area contributed by atoms with Gasteiger partial charge in [-0.2, -0.15) is 0 Å². The molecule has 1 unspecified atom stereocenters. The lowest BCUT2D eigenvalue weighted by Gasteiger charge is -2.10. The fourth-order valence-corrected chi connectivity index (χ4v) is 5.75. The van der Waals surface area contributed by atoms with Crippen molar-refractivity contribution < 1.29 is 21.3 Å². The Balaban J connectivity index is 2.00. The van der Waals surface area contributed by atoms with Gasteiger partial charge in [-0.05, 0) is 18.6 Å². The van der Waals surface area contributed by atoms with Gasteiger partial charge in [0.2, 0.25) is 10.0 Å². The number of nitrogens with one attached hydrogen (secondary N) is 1. The Hall–Kier alpha value is -0.860. The quantitative estimate of drug-likeness (QED) is 0.829. The minimum absolute atomic E-state index is 0.0475. The summed E-state index contributed by atoms with van der Waals surface area (Å²) in [5, 5.41) is -0.845. The van der Waals surface area contributed by atoms with E-state index in [4.69, 9.17) is 4.42 Å². The van der Waals surface area contributed by atoms with Crippen molar-refractivity contribution in [2.75, 3.05) is 11.5 Å². The minimum atomic E-state index is -3.60. The third-order valence-corrected chi connectivity index (χ3v) is 6.46. The standard InChI is InChI=1S/C9H13NO5S2/c11-16(12)5-3-9(7-16)17(13,14)10-6-8-2-1-4-15-8/h1-2,4,9-10H,3,5-7H2. The number of hydrogen-bond acceptors (Lipinski definition) is 5. The van der Waals surface area contributed by atoms with Crippen LogP contribution in [0.2, 0.25) is 0 Å². The molecule has 0 bridgehead atoms. The van der Waals surface area contributed by atoms with Gasteiger partial charge >= 0.3 is 0 Å². The Morgan fingerprint density at radius 1 is 1.47 bits per heavy atom. The SMILES string of the molecule is O=S1(=O)CCC(S(=O)(=O)NCc2ccco2)C1. The summed E-state index contributed by atoms with van der Waals surface area (Å²) in [6, 6.07) is 3.30. The Labute approximate surface area is 100.0 Å². The smallest absolute Gasteiger partial charge is 0.215 e. The Bertz CT molecular complexity index is 573. The van der Waals surface area contributed by atoms with Crippen molar-refractivity contribution in [3.8, 4) is 0 Å². The molecule has 1 aromatic heterocycles. The van der Waals surface area contributed by atoms with Gasteiger partial charge in [-0.3, -0.25) is 0 Å². The van der Waals surface area contributed by atoms with Gasteiger partial charge in [-0.1, -0.05) is 0 Å². The fourth-order valence-electron chi connectivity index (χ4n) is 1.71. The summed E-state index contributed by atoms with van der Waals surface area (Å²) in [6.45, 7) is 0.0475. The average Bonchev–Trinajstić information content (AvgIpc) is 2.84. The van der Waals surface area contributed by atoms with Crippen LogP contribution in [-0.2, 0) is 26.4 Å². The van der Waals surface area contributed by atoms with E-state index >= 15 is 0 Å². The topological polar surface area (TPSA) is 93.5 Å². The first kappa shape index (κ1) is 12.6. The largest absolute Gasteiger partial charge is 0.468 e. The molecule has 1 N–H and O–H groups in total. The van der Waals surface area contributed by atoms with E-state index < -0.39 is 25.1 Å². The molecule has 2 heterocycles. The summed E-state index contributed by atoms with van der Waals surface area (Å²) in [5.74, 6) is 0.147. The summed E-state index contributed by atoms with van der Waals surface area (Å²) in [6.07, 6.45) is 1.61. The summed E-state index contributed by atoms with van der Waals surface area (Å²) in [7, 11) is -6.79. The Morgan fingerprint density at radius 2 is 2.24 bits per heavy atom. The van der Waals surface area contributed by atoms with E-state index in [1.165, 1.54) is 6.26 Å². The van der Waals surface area contributed by atoms with Crippen molar-refractivity contribution in [2.24, 2.45) is 0 Å². The lowest BCUT2D eigenvalue weighted by Crippen LogP contribution is -2.34. The molecule has 1 fully saturated rings. The zero-order valence-corrected chi connectivity index (χ0v) is 10.6. The van der Waals surface area contributed by atoms with E-state index in [0.29, 0.717) is 5.76 Å². The first-order valence-corrected chi connectivity index (χ1v) is 8.47. The Kier molecular flexibility index (Phi) is 3.28. The molecule has 2 rings (SSSR count).